The number of aryl methyl sites for hydroxylation is 1. The molecule has 1 heterocycles. The topological polar surface area (TPSA) is 26.2 Å². The number of hydrogen-bond donors (Lipinski definition) is 1. The molecule has 0 aliphatic carbocycles. The first kappa shape index (κ1) is 10.1. The Kier molecular flexibility index (Phi) is 2.64. The summed E-state index contributed by atoms with van der Waals surface area (Å²) in [5.74, 6) is 0.903. The maximum Gasteiger partial charge on any atom is 0.120 e. The third-order valence-electron chi connectivity index (χ3n) is 2.71. The quantitative estimate of drug-likeness (QED) is 0.826. The summed E-state index contributed by atoms with van der Waals surface area (Å²) in [6.45, 7) is 0.882. The molecule has 1 aromatic carbocycles. The molecular formula is C12H16N2O. The molecule has 0 radical (unpaired) electrons. The van der Waals surface area contributed by atoms with Crippen LogP contribution in [0, 0.1) is 0 Å². The number of nitrogens with zero attached hydrogens (tertiary/aromatic N) is 1. The van der Waals surface area contributed by atoms with E-state index in [4.69, 9.17) is 4.74 Å². The van der Waals surface area contributed by atoms with Gasteiger partial charge in [0.25, 0.3) is 0 Å². The molecule has 3 heteroatoms. The highest BCUT2D eigenvalue weighted by atomic mass is 16.5. The van der Waals surface area contributed by atoms with Crippen LogP contribution in [0.3, 0.4) is 0 Å². The molecule has 0 atom stereocenters. The fourth-order valence-electron chi connectivity index (χ4n) is 1.84. The van der Waals surface area contributed by atoms with Crippen molar-refractivity contribution < 1.29 is 4.74 Å². The Labute approximate surface area is 89.7 Å². The molecule has 0 saturated heterocycles. The van der Waals surface area contributed by atoms with Crippen molar-refractivity contribution in [1.29, 1.82) is 0 Å². The molecule has 3 nitrogen and oxygen atoms in total. The SMILES string of the molecule is CNCc1cc2ccc(OC)cc2n1C. The third-order valence-corrected chi connectivity index (χ3v) is 2.71. The molecule has 0 bridgehead atoms. The monoisotopic (exact) mass is 204 g/mol. The maximum atomic E-state index is 5.22. The second-order valence-corrected chi connectivity index (χ2v) is 3.65. The van der Waals surface area contributed by atoms with Gasteiger partial charge in [0.05, 0.1) is 12.6 Å². The Bertz CT molecular complexity index is 474. The van der Waals surface area contributed by atoms with E-state index in [-0.39, 0.29) is 0 Å². The molecule has 0 aliphatic heterocycles. The lowest BCUT2D eigenvalue weighted by Gasteiger charge is -2.04. The smallest absolute Gasteiger partial charge is 0.120 e. The van der Waals surface area contributed by atoms with Crippen LogP contribution in [-0.4, -0.2) is 18.7 Å². The van der Waals surface area contributed by atoms with Gasteiger partial charge < -0.3 is 14.6 Å². The van der Waals surface area contributed by atoms with E-state index in [0.29, 0.717) is 0 Å². The minimum atomic E-state index is 0.882. The van der Waals surface area contributed by atoms with E-state index in [2.05, 4.69) is 35.1 Å². The van der Waals surface area contributed by atoms with Gasteiger partial charge in [-0.1, -0.05) is 0 Å². The molecular weight excluding hydrogens is 188 g/mol. The summed E-state index contributed by atoms with van der Waals surface area (Å²) in [4.78, 5) is 0. The Balaban J connectivity index is 2.56. The summed E-state index contributed by atoms with van der Waals surface area (Å²) in [5, 5.41) is 4.42. The van der Waals surface area contributed by atoms with E-state index in [1.54, 1.807) is 7.11 Å². The van der Waals surface area contributed by atoms with Gasteiger partial charge in [0.2, 0.25) is 0 Å². The molecule has 0 amide bonds. The average molecular weight is 204 g/mol. The highest BCUT2D eigenvalue weighted by Gasteiger charge is 2.05. The van der Waals surface area contributed by atoms with Crippen LogP contribution in [0.15, 0.2) is 24.3 Å². The number of ether oxygens (including phenoxy) is 1. The molecule has 80 valence electrons. The van der Waals surface area contributed by atoms with Crippen LogP contribution < -0.4 is 10.1 Å². The summed E-state index contributed by atoms with van der Waals surface area (Å²) in [6, 6.07) is 8.35. The van der Waals surface area contributed by atoms with Crippen molar-refractivity contribution in [1.82, 2.24) is 9.88 Å². The summed E-state index contributed by atoms with van der Waals surface area (Å²) in [6.07, 6.45) is 0. The van der Waals surface area contributed by atoms with E-state index in [9.17, 15) is 0 Å². The maximum absolute atomic E-state index is 5.22. The van der Waals surface area contributed by atoms with Gasteiger partial charge in [-0.2, -0.15) is 0 Å². The molecule has 1 aromatic heterocycles. The van der Waals surface area contributed by atoms with E-state index in [1.165, 1.54) is 16.6 Å². The second-order valence-electron chi connectivity index (χ2n) is 3.65. The fraction of sp³-hybridized carbons (Fsp3) is 0.333. The van der Waals surface area contributed by atoms with Crippen molar-refractivity contribution in [3.8, 4) is 5.75 Å². The van der Waals surface area contributed by atoms with Gasteiger partial charge in [-0.25, -0.2) is 0 Å². The van der Waals surface area contributed by atoms with Crippen molar-refractivity contribution in [3.05, 3.63) is 30.0 Å². The normalized spacial score (nSPS) is 10.9. The van der Waals surface area contributed by atoms with Crippen LogP contribution in [0.5, 0.6) is 5.75 Å². The number of methoxy groups -OCH3 is 1. The minimum Gasteiger partial charge on any atom is -0.497 e. The Hall–Kier alpha value is -1.48. The Morgan fingerprint density at radius 3 is 2.80 bits per heavy atom. The van der Waals surface area contributed by atoms with Crippen molar-refractivity contribution in [2.24, 2.45) is 7.05 Å². The van der Waals surface area contributed by atoms with E-state index < -0.39 is 0 Å². The summed E-state index contributed by atoms with van der Waals surface area (Å²) >= 11 is 0. The van der Waals surface area contributed by atoms with Crippen molar-refractivity contribution in [2.45, 2.75) is 6.54 Å². The highest BCUT2D eigenvalue weighted by molar-refractivity contribution is 5.82. The van der Waals surface area contributed by atoms with E-state index >= 15 is 0 Å². The summed E-state index contributed by atoms with van der Waals surface area (Å²) in [7, 11) is 5.73. The summed E-state index contributed by atoms with van der Waals surface area (Å²) in [5.41, 5.74) is 2.49. The number of fused-ring (bicyclic) bond motifs is 1. The van der Waals surface area contributed by atoms with Crippen LogP contribution in [0.25, 0.3) is 10.9 Å². The lowest BCUT2D eigenvalue weighted by Crippen LogP contribution is -2.08. The van der Waals surface area contributed by atoms with Crippen molar-refractivity contribution in [3.63, 3.8) is 0 Å². The fourth-order valence-corrected chi connectivity index (χ4v) is 1.84. The van der Waals surface area contributed by atoms with E-state index in [1.807, 2.05) is 13.1 Å². The number of aromatic nitrogens is 1. The molecule has 0 saturated carbocycles. The lowest BCUT2D eigenvalue weighted by molar-refractivity contribution is 0.415. The second kappa shape index (κ2) is 3.95. The zero-order valence-corrected chi connectivity index (χ0v) is 9.37. The predicted octanol–water partition coefficient (Wildman–Crippen LogP) is 1.91. The molecule has 2 rings (SSSR count). The van der Waals surface area contributed by atoms with E-state index in [0.717, 1.165) is 12.3 Å². The highest BCUT2D eigenvalue weighted by Crippen LogP contribution is 2.23. The zero-order valence-electron chi connectivity index (χ0n) is 9.37. The predicted molar refractivity (Wildman–Crippen MR) is 62.2 cm³/mol. The van der Waals surface area contributed by atoms with Gasteiger partial charge in [-0.3, -0.25) is 0 Å². The van der Waals surface area contributed by atoms with Gasteiger partial charge in [-0.15, -0.1) is 0 Å². The number of rotatable bonds is 3. The first-order chi connectivity index (χ1) is 7.26. The lowest BCUT2D eigenvalue weighted by atomic mass is 10.2. The number of benzene rings is 1. The Morgan fingerprint density at radius 2 is 2.13 bits per heavy atom. The van der Waals surface area contributed by atoms with Gasteiger partial charge >= 0.3 is 0 Å². The van der Waals surface area contributed by atoms with Crippen molar-refractivity contribution in [2.75, 3.05) is 14.2 Å². The van der Waals surface area contributed by atoms with Gasteiger partial charge in [-0.05, 0) is 25.2 Å². The molecule has 0 fully saturated rings. The average Bonchev–Trinajstić information content (AvgIpc) is 2.56. The minimum absolute atomic E-state index is 0.882. The van der Waals surface area contributed by atoms with Crippen LogP contribution in [-0.2, 0) is 13.6 Å². The molecule has 1 N–H and O–H groups in total. The number of nitrogens with one attached hydrogen (secondary N) is 1. The Morgan fingerprint density at radius 1 is 1.33 bits per heavy atom. The van der Waals surface area contributed by atoms with Gasteiger partial charge in [0.1, 0.15) is 5.75 Å². The van der Waals surface area contributed by atoms with Gasteiger partial charge in [0, 0.05) is 30.7 Å². The first-order valence-electron chi connectivity index (χ1n) is 5.03. The molecule has 0 spiro atoms. The largest absolute Gasteiger partial charge is 0.497 e. The third kappa shape index (κ3) is 1.70. The summed E-state index contributed by atoms with van der Waals surface area (Å²) < 4.78 is 7.41. The van der Waals surface area contributed by atoms with Crippen LogP contribution in [0.2, 0.25) is 0 Å². The number of hydrogen-bond acceptors (Lipinski definition) is 2. The molecule has 15 heavy (non-hydrogen) atoms. The van der Waals surface area contributed by atoms with Gasteiger partial charge in [0.15, 0.2) is 0 Å². The molecule has 0 aliphatic rings. The molecule has 0 unspecified atom stereocenters. The standard InChI is InChI=1S/C12H16N2O/c1-13-8-10-6-9-4-5-11(15-3)7-12(9)14(10)2/h4-7,13H,8H2,1-3H3. The zero-order chi connectivity index (χ0) is 10.8. The van der Waals surface area contributed by atoms with Crippen molar-refractivity contribution >= 4 is 10.9 Å². The van der Waals surface area contributed by atoms with Crippen LogP contribution in [0.1, 0.15) is 5.69 Å². The first-order valence-corrected chi connectivity index (χ1v) is 5.03. The van der Waals surface area contributed by atoms with Crippen LogP contribution >= 0.6 is 0 Å². The van der Waals surface area contributed by atoms with Crippen LogP contribution in [0.4, 0.5) is 0 Å². The molecule has 2 aromatic rings.